The first-order valence-corrected chi connectivity index (χ1v) is 6.30. The maximum Gasteiger partial charge on any atom is 0.237 e. The van der Waals surface area contributed by atoms with Gasteiger partial charge in [-0.05, 0) is 19.3 Å². The first kappa shape index (κ1) is 12.5. The number of carbonyl (C=O) groups is 1. The number of hydrogen-bond acceptors (Lipinski definition) is 2. The Labute approximate surface area is 92.8 Å². The third-order valence-corrected chi connectivity index (χ3v) is 3.14. The van der Waals surface area contributed by atoms with Gasteiger partial charge in [-0.1, -0.05) is 39.0 Å². The van der Waals surface area contributed by atoms with Crippen molar-refractivity contribution in [3.63, 3.8) is 0 Å². The molecule has 0 aromatic rings. The monoisotopic (exact) mass is 212 g/mol. The van der Waals surface area contributed by atoms with E-state index in [0.717, 1.165) is 25.7 Å². The molecule has 1 fully saturated rings. The molecule has 3 nitrogen and oxygen atoms in total. The lowest BCUT2D eigenvalue weighted by Crippen LogP contribution is -2.45. The highest BCUT2D eigenvalue weighted by Crippen LogP contribution is 2.17. The minimum atomic E-state index is -0.307. The molecule has 3 N–H and O–H groups in total. The highest BCUT2D eigenvalue weighted by molar-refractivity contribution is 5.81. The van der Waals surface area contributed by atoms with E-state index in [9.17, 15) is 4.79 Å². The predicted octanol–water partition coefficient (Wildman–Crippen LogP) is 1.95. The maximum atomic E-state index is 11.7. The predicted molar refractivity (Wildman–Crippen MR) is 62.5 cm³/mol. The van der Waals surface area contributed by atoms with Crippen molar-refractivity contribution in [2.75, 3.05) is 0 Å². The molecule has 0 radical (unpaired) electrons. The van der Waals surface area contributed by atoms with Gasteiger partial charge in [0.2, 0.25) is 5.91 Å². The van der Waals surface area contributed by atoms with Crippen LogP contribution in [0.25, 0.3) is 0 Å². The van der Waals surface area contributed by atoms with Gasteiger partial charge in [0, 0.05) is 6.04 Å². The van der Waals surface area contributed by atoms with Crippen molar-refractivity contribution in [3.05, 3.63) is 0 Å². The molecule has 1 amide bonds. The van der Waals surface area contributed by atoms with Crippen molar-refractivity contribution in [2.45, 2.75) is 70.4 Å². The molecule has 1 saturated carbocycles. The molecule has 0 bridgehead atoms. The molecular weight excluding hydrogens is 188 g/mol. The summed E-state index contributed by atoms with van der Waals surface area (Å²) in [5.74, 6) is 0.0451. The molecule has 3 heteroatoms. The minimum Gasteiger partial charge on any atom is -0.352 e. The van der Waals surface area contributed by atoms with Gasteiger partial charge in [0.1, 0.15) is 0 Å². The fourth-order valence-electron chi connectivity index (χ4n) is 2.17. The van der Waals surface area contributed by atoms with Crippen LogP contribution in [0.2, 0.25) is 0 Å². The average molecular weight is 212 g/mol. The molecule has 1 rings (SSSR count). The summed E-state index contributed by atoms with van der Waals surface area (Å²) in [5.41, 5.74) is 5.77. The largest absolute Gasteiger partial charge is 0.352 e. The molecule has 0 saturated heterocycles. The number of amides is 1. The molecule has 1 atom stereocenters. The molecule has 1 aliphatic carbocycles. The van der Waals surface area contributed by atoms with Crippen molar-refractivity contribution in [2.24, 2.45) is 5.73 Å². The summed E-state index contributed by atoms with van der Waals surface area (Å²) in [6, 6.07) is 0.0705. The molecule has 0 aromatic carbocycles. The molecule has 0 spiro atoms. The number of hydrogen-bond donors (Lipinski definition) is 2. The Morgan fingerprint density at radius 2 is 1.93 bits per heavy atom. The van der Waals surface area contributed by atoms with Gasteiger partial charge in [0.15, 0.2) is 0 Å². The van der Waals surface area contributed by atoms with Crippen molar-refractivity contribution >= 4 is 5.91 Å². The zero-order valence-electron chi connectivity index (χ0n) is 9.80. The van der Waals surface area contributed by atoms with Crippen LogP contribution in [0.5, 0.6) is 0 Å². The quantitative estimate of drug-likeness (QED) is 0.700. The fraction of sp³-hybridized carbons (Fsp3) is 0.917. The summed E-state index contributed by atoms with van der Waals surface area (Å²) >= 11 is 0. The molecule has 0 aliphatic heterocycles. The highest BCUT2D eigenvalue weighted by atomic mass is 16.2. The van der Waals surface area contributed by atoms with Crippen LogP contribution in [0, 0.1) is 0 Å². The number of nitrogens with two attached hydrogens (primary N) is 1. The lowest BCUT2D eigenvalue weighted by molar-refractivity contribution is -0.123. The zero-order valence-corrected chi connectivity index (χ0v) is 9.80. The second-order valence-electron chi connectivity index (χ2n) is 4.59. The van der Waals surface area contributed by atoms with Gasteiger partial charge < -0.3 is 11.1 Å². The molecule has 15 heavy (non-hydrogen) atoms. The van der Waals surface area contributed by atoms with Gasteiger partial charge >= 0.3 is 0 Å². The topological polar surface area (TPSA) is 55.1 Å². The van der Waals surface area contributed by atoms with Crippen LogP contribution in [0.1, 0.15) is 58.3 Å². The average Bonchev–Trinajstić information content (AvgIpc) is 2.46. The lowest BCUT2D eigenvalue weighted by atomic mass is 10.1. The van der Waals surface area contributed by atoms with E-state index in [1.807, 2.05) is 0 Å². The summed E-state index contributed by atoms with van der Waals surface area (Å²) in [6.45, 7) is 2.05. The van der Waals surface area contributed by atoms with E-state index in [2.05, 4.69) is 12.2 Å². The molecular formula is C12H24N2O. The van der Waals surface area contributed by atoms with E-state index in [-0.39, 0.29) is 11.9 Å². The Morgan fingerprint density at radius 1 is 1.33 bits per heavy atom. The van der Waals surface area contributed by atoms with Crippen LogP contribution in [0.3, 0.4) is 0 Å². The Bertz CT molecular complexity index is 186. The van der Waals surface area contributed by atoms with Gasteiger partial charge in [0.25, 0.3) is 0 Å². The first-order valence-electron chi connectivity index (χ1n) is 6.30. The van der Waals surface area contributed by atoms with Crippen LogP contribution >= 0.6 is 0 Å². The van der Waals surface area contributed by atoms with Crippen molar-refractivity contribution < 1.29 is 4.79 Å². The summed E-state index contributed by atoms with van der Waals surface area (Å²) in [5, 5.41) is 3.08. The van der Waals surface area contributed by atoms with Gasteiger partial charge in [0.05, 0.1) is 6.04 Å². The summed E-state index contributed by atoms with van der Waals surface area (Å²) in [7, 11) is 0. The third kappa shape index (κ3) is 4.65. The van der Waals surface area contributed by atoms with Gasteiger partial charge in [-0.3, -0.25) is 4.79 Å². The molecule has 1 aliphatic rings. The van der Waals surface area contributed by atoms with Gasteiger partial charge in [-0.15, -0.1) is 0 Å². The number of nitrogens with one attached hydrogen (secondary N) is 1. The Kier molecular flexibility index (Phi) is 5.69. The normalized spacial score (nSPS) is 20.7. The van der Waals surface area contributed by atoms with Crippen molar-refractivity contribution in [1.82, 2.24) is 5.32 Å². The fourth-order valence-corrected chi connectivity index (χ4v) is 2.17. The van der Waals surface area contributed by atoms with E-state index in [1.165, 1.54) is 25.7 Å². The van der Waals surface area contributed by atoms with Crippen molar-refractivity contribution in [3.8, 4) is 0 Å². The van der Waals surface area contributed by atoms with E-state index in [0.29, 0.717) is 6.04 Å². The zero-order chi connectivity index (χ0) is 11.1. The second-order valence-corrected chi connectivity index (χ2v) is 4.59. The molecule has 88 valence electrons. The van der Waals surface area contributed by atoms with Crippen LogP contribution in [0.15, 0.2) is 0 Å². The first-order chi connectivity index (χ1) is 7.24. The highest BCUT2D eigenvalue weighted by Gasteiger charge is 2.18. The second kappa shape index (κ2) is 6.83. The van der Waals surface area contributed by atoms with Crippen LogP contribution < -0.4 is 11.1 Å². The minimum absolute atomic E-state index is 0.0451. The van der Waals surface area contributed by atoms with Crippen LogP contribution in [-0.4, -0.2) is 18.0 Å². The van der Waals surface area contributed by atoms with E-state index in [4.69, 9.17) is 5.73 Å². The molecule has 0 heterocycles. The summed E-state index contributed by atoms with van der Waals surface area (Å²) in [4.78, 5) is 11.7. The SMILES string of the molecule is CCC[C@H](N)C(=O)NC1CCCCCC1. The van der Waals surface area contributed by atoms with Crippen LogP contribution in [0.4, 0.5) is 0 Å². The maximum absolute atomic E-state index is 11.7. The van der Waals surface area contributed by atoms with Crippen LogP contribution in [-0.2, 0) is 4.79 Å². The number of rotatable bonds is 4. The lowest BCUT2D eigenvalue weighted by Gasteiger charge is -2.19. The molecule has 0 unspecified atom stereocenters. The standard InChI is InChI=1S/C12H24N2O/c1-2-7-11(13)12(15)14-10-8-5-3-4-6-9-10/h10-11H,2-9,13H2,1H3,(H,14,15)/t11-/m0/s1. The van der Waals surface area contributed by atoms with Gasteiger partial charge in [-0.25, -0.2) is 0 Å². The van der Waals surface area contributed by atoms with Gasteiger partial charge in [-0.2, -0.15) is 0 Å². The van der Waals surface area contributed by atoms with E-state index >= 15 is 0 Å². The van der Waals surface area contributed by atoms with Crippen molar-refractivity contribution in [1.29, 1.82) is 0 Å². The van der Waals surface area contributed by atoms with E-state index in [1.54, 1.807) is 0 Å². The Hall–Kier alpha value is -0.570. The smallest absolute Gasteiger partial charge is 0.237 e. The molecule has 0 aromatic heterocycles. The Balaban J connectivity index is 2.28. The van der Waals surface area contributed by atoms with E-state index < -0.39 is 0 Å². The number of carbonyl (C=O) groups excluding carboxylic acids is 1. The summed E-state index contributed by atoms with van der Waals surface area (Å²) < 4.78 is 0. The Morgan fingerprint density at radius 3 is 2.47 bits per heavy atom. The third-order valence-electron chi connectivity index (χ3n) is 3.14. The summed E-state index contributed by atoms with van der Waals surface area (Å²) in [6.07, 6.45) is 9.13.